The summed E-state index contributed by atoms with van der Waals surface area (Å²) in [5, 5.41) is 0.948. The highest BCUT2D eigenvalue weighted by molar-refractivity contribution is 7.18. The lowest BCUT2D eigenvalue weighted by Crippen LogP contribution is -2.35. The molecule has 0 aliphatic rings. The van der Waals surface area contributed by atoms with E-state index in [9.17, 15) is 4.79 Å². The number of aromatic nitrogens is 2. The summed E-state index contributed by atoms with van der Waals surface area (Å²) in [6, 6.07) is 2.08. The number of thiophene rings is 1. The standard InChI is InChI=1S/C14H21N5OS/c1-3-5-6-19(8-11(15)20)12-10-7-9(4-2)21-13(10)18-14(16)17-12/h7H,3-6,8H2,1-2H3,(H2,15,20)(H2,16,17,18). The van der Waals surface area contributed by atoms with E-state index in [1.807, 2.05) is 4.90 Å². The van der Waals surface area contributed by atoms with Gasteiger partial charge in [-0.2, -0.15) is 4.98 Å². The van der Waals surface area contributed by atoms with Crippen LogP contribution >= 0.6 is 11.3 Å². The number of hydrogen-bond acceptors (Lipinski definition) is 6. The summed E-state index contributed by atoms with van der Waals surface area (Å²) in [7, 11) is 0. The summed E-state index contributed by atoms with van der Waals surface area (Å²) in [5.74, 6) is 0.566. The molecule has 2 aromatic rings. The molecule has 7 heteroatoms. The van der Waals surface area contributed by atoms with Crippen molar-refractivity contribution in [3.05, 3.63) is 10.9 Å². The second kappa shape index (κ2) is 6.71. The monoisotopic (exact) mass is 307 g/mol. The third-order valence-electron chi connectivity index (χ3n) is 3.22. The van der Waals surface area contributed by atoms with E-state index in [4.69, 9.17) is 11.5 Å². The Balaban J connectivity index is 2.48. The summed E-state index contributed by atoms with van der Waals surface area (Å²) in [4.78, 5) is 24.0. The molecule has 2 heterocycles. The van der Waals surface area contributed by atoms with E-state index >= 15 is 0 Å². The van der Waals surface area contributed by atoms with Crippen LogP contribution in [0.3, 0.4) is 0 Å². The van der Waals surface area contributed by atoms with Crippen LogP contribution in [0.5, 0.6) is 0 Å². The number of nitrogens with zero attached hydrogens (tertiary/aromatic N) is 3. The van der Waals surface area contributed by atoms with Crippen molar-refractivity contribution in [3.63, 3.8) is 0 Å². The first-order chi connectivity index (χ1) is 10.0. The van der Waals surface area contributed by atoms with Gasteiger partial charge in [-0.1, -0.05) is 20.3 Å². The van der Waals surface area contributed by atoms with Gasteiger partial charge < -0.3 is 16.4 Å². The fourth-order valence-corrected chi connectivity index (χ4v) is 3.15. The average molecular weight is 307 g/mol. The van der Waals surface area contributed by atoms with Crippen LogP contribution in [-0.2, 0) is 11.2 Å². The molecule has 0 fully saturated rings. The maximum atomic E-state index is 11.3. The van der Waals surface area contributed by atoms with Gasteiger partial charge in [-0.05, 0) is 18.9 Å². The van der Waals surface area contributed by atoms with E-state index in [1.165, 1.54) is 4.88 Å². The number of rotatable bonds is 7. The Bertz CT molecular complexity index is 640. The van der Waals surface area contributed by atoms with Gasteiger partial charge in [-0.25, -0.2) is 4.98 Å². The molecule has 0 radical (unpaired) electrons. The van der Waals surface area contributed by atoms with Crippen molar-refractivity contribution in [1.82, 2.24) is 9.97 Å². The topological polar surface area (TPSA) is 98.1 Å². The molecular weight excluding hydrogens is 286 g/mol. The number of amides is 1. The molecule has 0 aromatic carbocycles. The van der Waals surface area contributed by atoms with Crippen LogP contribution in [0.15, 0.2) is 6.07 Å². The Morgan fingerprint density at radius 1 is 1.38 bits per heavy atom. The van der Waals surface area contributed by atoms with Crippen LogP contribution in [-0.4, -0.2) is 29.0 Å². The van der Waals surface area contributed by atoms with E-state index in [0.717, 1.165) is 36.0 Å². The summed E-state index contributed by atoms with van der Waals surface area (Å²) in [6.45, 7) is 5.07. The molecule has 0 aliphatic heterocycles. The van der Waals surface area contributed by atoms with Crippen LogP contribution in [0.2, 0.25) is 0 Å². The van der Waals surface area contributed by atoms with Gasteiger partial charge in [0.05, 0.1) is 11.9 Å². The minimum Gasteiger partial charge on any atom is -0.368 e. The molecule has 0 unspecified atom stereocenters. The number of carbonyl (C=O) groups excluding carboxylic acids is 1. The molecule has 4 N–H and O–H groups in total. The van der Waals surface area contributed by atoms with Gasteiger partial charge in [0.2, 0.25) is 11.9 Å². The lowest BCUT2D eigenvalue weighted by atomic mass is 10.2. The van der Waals surface area contributed by atoms with Crippen molar-refractivity contribution in [2.75, 3.05) is 23.7 Å². The summed E-state index contributed by atoms with van der Waals surface area (Å²) in [5.41, 5.74) is 11.2. The number of nitrogen functional groups attached to an aromatic ring is 1. The normalized spacial score (nSPS) is 11.0. The molecule has 0 saturated carbocycles. The van der Waals surface area contributed by atoms with Crippen molar-refractivity contribution in [3.8, 4) is 0 Å². The van der Waals surface area contributed by atoms with E-state index in [-0.39, 0.29) is 18.4 Å². The maximum Gasteiger partial charge on any atom is 0.236 e. The predicted octanol–water partition coefficient (Wildman–Crippen LogP) is 1.93. The highest BCUT2D eigenvalue weighted by Crippen LogP contribution is 2.32. The zero-order valence-corrected chi connectivity index (χ0v) is 13.2. The Morgan fingerprint density at radius 3 is 2.76 bits per heavy atom. The lowest BCUT2D eigenvalue weighted by molar-refractivity contribution is -0.116. The number of aryl methyl sites for hydroxylation is 1. The molecule has 0 spiro atoms. The highest BCUT2D eigenvalue weighted by Gasteiger charge is 2.17. The quantitative estimate of drug-likeness (QED) is 0.814. The number of hydrogen-bond donors (Lipinski definition) is 2. The van der Waals surface area contributed by atoms with Crippen LogP contribution in [0.1, 0.15) is 31.6 Å². The molecule has 6 nitrogen and oxygen atoms in total. The first-order valence-corrected chi connectivity index (χ1v) is 7.96. The molecular formula is C14H21N5OS. The first kappa shape index (κ1) is 15.5. The second-order valence-electron chi connectivity index (χ2n) is 4.93. The van der Waals surface area contributed by atoms with E-state index in [2.05, 4.69) is 29.9 Å². The van der Waals surface area contributed by atoms with Crippen LogP contribution in [0.4, 0.5) is 11.8 Å². The van der Waals surface area contributed by atoms with Crippen LogP contribution in [0, 0.1) is 0 Å². The van der Waals surface area contributed by atoms with Crippen LogP contribution in [0.25, 0.3) is 10.2 Å². The average Bonchev–Trinajstić information content (AvgIpc) is 2.85. The molecule has 1 amide bonds. The third-order valence-corrected chi connectivity index (χ3v) is 4.39. The maximum absolute atomic E-state index is 11.3. The fourth-order valence-electron chi connectivity index (χ4n) is 2.18. The largest absolute Gasteiger partial charge is 0.368 e. The molecule has 2 rings (SSSR count). The number of unbranched alkanes of at least 4 members (excludes halogenated alkanes) is 1. The minimum absolute atomic E-state index is 0.142. The number of anilines is 2. The number of fused-ring (bicyclic) bond motifs is 1. The number of carbonyl (C=O) groups is 1. The summed E-state index contributed by atoms with van der Waals surface area (Å²) in [6.07, 6.45) is 2.93. The Kier molecular flexibility index (Phi) is 4.95. The summed E-state index contributed by atoms with van der Waals surface area (Å²) < 4.78 is 0. The van der Waals surface area contributed by atoms with E-state index in [1.54, 1.807) is 11.3 Å². The molecule has 0 aliphatic carbocycles. The van der Waals surface area contributed by atoms with Gasteiger partial charge in [0.15, 0.2) is 0 Å². The van der Waals surface area contributed by atoms with Gasteiger partial charge in [0, 0.05) is 11.4 Å². The molecule has 0 atom stereocenters. The fraction of sp³-hybridized carbons (Fsp3) is 0.500. The SMILES string of the molecule is CCCCN(CC(N)=O)c1nc(N)nc2sc(CC)cc12. The van der Waals surface area contributed by atoms with Crippen molar-refractivity contribution < 1.29 is 4.79 Å². The number of nitrogens with two attached hydrogens (primary N) is 2. The van der Waals surface area contributed by atoms with E-state index in [0.29, 0.717) is 5.82 Å². The number of primary amides is 1. The molecule has 0 saturated heterocycles. The van der Waals surface area contributed by atoms with Crippen molar-refractivity contribution in [2.24, 2.45) is 5.73 Å². The van der Waals surface area contributed by atoms with Crippen molar-refractivity contribution >= 4 is 39.2 Å². The third kappa shape index (κ3) is 3.60. The Morgan fingerprint density at radius 2 is 2.14 bits per heavy atom. The van der Waals surface area contributed by atoms with Gasteiger partial charge >= 0.3 is 0 Å². The lowest BCUT2D eigenvalue weighted by Gasteiger charge is -2.22. The second-order valence-corrected chi connectivity index (χ2v) is 6.05. The molecule has 0 bridgehead atoms. The Hall–Kier alpha value is -1.89. The Labute approximate surface area is 128 Å². The van der Waals surface area contributed by atoms with Crippen molar-refractivity contribution in [1.29, 1.82) is 0 Å². The first-order valence-electron chi connectivity index (χ1n) is 7.14. The molecule has 114 valence electrons. The van der Waals surface area contributed by atoms with Gasteiger partial charge in [0.25, 0.3) is 0 Å². The molecule has 2 aromatic heterocycles. The zero-order chi connectivity index (χ0) is 15.4. The predicted molar refractivity (Wildman–Crippen MR) is 87.5 cm³/mol. The van der Waals surface area contributed by atoms with Gasteiger partial charge in [0.1, 0.15) is 10.6 Å². The smallest absolute Gasteiger partial charge is 0.236 e. The highest BCUT2D eigenvalue weighted by atomic mass is 32.1. The van der Waals surface area contributed by atoms with Gasteiger partial charge in [-0.15, -0.1) is 11.3 Å². The van der Waals surface area contributed by atoms with Crippen molar-refractivity contribution in [2.45, 2.75) is 33.1 Å². The molecule has 21 heavy (non-hydrogen) atoms. The summed E-state index contributed by atoms with van der Waals surface area (Å²) >= 11 is 1.61. The van der Waals surface area contributed by atoms with Gasteiger partial charge in [-0.3, -0.25) is 4.79 Å². The minimum atomic E-state index is -0.373. The van der Waals surface area contributed by atoms with Crippen LogP contribution < -0.4 is 16.4 Å². The zero-order valence-electron chi connectivity index (χ0n) is 12.4. The van der Waals surface area contributed by atoms with E-state index < -0.39 is 0 Å².